The van der Waals surface area contributed by atoms with Crippen molar-refractivity contribution in [2.75, 3.05) is 0 Å². The van der Waals surface area contributed by atoms with Gasteiger partial charge in [-0.15, -0.1) is 0 Å². The number of benzene rings is 13. The van der Waals surface area contributed by atoms with Crippen molar-refractivity contribution >= 4 is 92.9 Å². The van der Waals surface area contributed by atoms with Gasteiger partial charge in [0, 0.05) is 65.3 Å². The fraction of sp³-hybridized carbons (Fsp3) is 0. The van der Waals surface area contributed by atoms with Crippen molar-refractivity contribution < 1.29 is 0 Å². The summed E-state index contributed by atoms with van der Waals surface area (Å²) in [5.41, 5.74) is 18.7. The molecule has 17 rings (SSSR count). The maximum absolute atomic E-state index is 12.9. The highest BCUT2D eigenvalue weighted by atomic mass is 15.2. The van der Waals surface area contributed by atoms with Crippen LogP contribution in [0.4, 0.5) is 5.69 Å². The number of hydrogen-bond acceptors (Lipinski definition) is 1. The van der Waals surface area contributed by atoms with Crippen molar-refractivity contribution in [2.45, 2.75) is 0 Å². The summed E-state index contributed by atoms with van der Waals surface area (Å²) < 4.78 is 9.57. The molecule has 4 heterocycles. The molecule has 4 aromatic heterocycles. The average molecular weight is 1090 g/mol. The Hall–Kier alpha value is -12.0. The highest BCUT2D eigenvalue weighted by Gasteiger charge is 2.36. The second-order valence-electron chi connectivity index (χ2n) is 22.0. The van der Waals surface area contributed by atoms with Gasteiger partial charge in [0.2, 0.25) is 5.69 Å². The molecule has 0 aliphatic heterocycles. The van der Waals surface area contributed by atoms with Crippen LogP contribution in [0.3, 0.4) is 0 Å². The Morgan fingerprint density at radius 1 is 0.256 bits per heavy atom. The molecule has 0 saturated carbocycles. The summed E-state index contributed by atoms with van der Waals surface area (Å²) in [4.78, 5) is 4.86. The topological polar surface area (TPSA) is 47.9 Å². The third-order valence-electron chi connectivity index (χ3n) is 17.6. The lowest BCUT2D eigenvalue weighted by Gasteiger charge is -2.29. The van der Waals surface area contributed by atoms with Gasteiger partial charge in [0.25, 0.3) is 0 Å². The quantitative estimate of drug-likeness (QED) is 0.140. The predicted molar refractivity (Wildman–Crippen MR) is 357 cm³/mol. The van der Waals surface area contributed by atoms with Crippen LogP contribution in [0.5, 0.6) is 0 Å². The number of nitrogens with zero attached hydrogens (tertiary/aromatic N) is 6. The molecule has 0 amide bonds. The lowest BCUT2D eigenvalue weighted by molar-refractivity contribution is 1.02. The Morgan fingerprint density at radius 2 is 0.512 bits per heavy atom. The van der Waals surface area contributed by atoms with E-state index in [2.05, 4.69) is 316 Å². The minimum atomic E-state index is 0.220. The van der Waals surface area contributed by atoms with E-state index in [0.29, 0.717) is 11.4 Å². The third kappa shape index (κ3) is 6.99. The van der Waals surface area contributed by atoms with Gasteiger partial charge in [-0.2, -0.15) is 5.26 Å². The highest BCUT2D eigenvalue weighted by molar-refractivity contribution is 6.22. The van der Waals surface area contributed by atoms with Gasteiger partial charge in [-0.1, -0.05) is 267 Å². The molecule has 0 fully saturated rings. The molecule has 0 bridgehead atoms. The minimum absolute atomic E-state index is 0.220. The first-order valence-electron chi connectivity index (χ1n) is 29.0. The second-order valence-corrected chi connectivity index (χ2v) is 22.0. The summed E-state index contributed by atoms with van der Waals surface area (Å²) in [6, 6.07) is 106. The van der Waals surface area contributed by atoms with Gasteiger partial charge in [-0.05, 0) is 46.5 Å². The van der Waals surface area contributed by atoms with Crippen LogP contribution in [0.15, 0.2) is 291 Å². The van der Waals surface area contributed by atoms with Crippen LogP contribution in [-0.4, -0.2) is 18.3 Å². The van der Waals surface area contributed by atoms with Gasteiger partial charge in [0.05, 0.1) is 85.1 Å². The Morgan fingerprint density at radius 3 is 0.802 bits per heavy atom. The molecule has 0 aliphatic rings. The van der Waals surface area contributed by atoms with Gasteiger partial charge in [-0.25, -0.2) is 4.85 Å². The highest BCUT2D eigenvalue weighted by Crippen LogP contribution is 2.54. The summed E-state index contributed by atoms with van der Waals surface area (Å²) in [7, 11) is 0. The van der Waals surface area contributed by atoms with E-state index in [1.807, 2.05) is 0 Å². The molecule has 0 N–H and O–H groups in total. The van der Waals surface area contributed by atoms with Crippen LogP contribution in [0, 0.1) is 17.9 Å². The zero-order chi connectivity index (χ0) is 57.0. The summed E-state index contributed by atoms with van der Waals surface area (Å²) in [5.74, 6) is 0. The molecule has 6 nitrogen and oxygen atoms in total. The van der Waals surface area contributed by atoms with Crippen molar-refractivity contribution in [2.24, 2.45) is 0 Å². The third-order valence-corrected chi connectivity index (χ3v) is 17.6. The molecule has 13 aromatic carbocycles. The second kappa shape index (κ2) is 19.3. The molecular formula is C80H48N6. The molecule has 0 spiro atoms. The van der Waals surface area contributed by atoms with E-state index < -0.39 is 0 Å². The molecule has 0 atom stereocenters. The molecule has 6 heteroatoms. The first-order valence-corrected chi connectivity index (χ1v) is 29.0. The number of para-hydroxylation sites is 8. The Labute approximate surface area is 495 Å². The summed E-state index contributed by atoms with van der Waals surface area (Å²) in [6.07, 6.45) is 0. The van der Waals surface area contributed by atoms with Crippen molar-refractivity contribution in [3.05, 3.63) is 308 Å². The maximum Gasteiger partial charge on any atom is 0.232 e. The van der Waals surface area contributed by atoms with E-state index in [0.717, 1.165) is 143 Å². The molecule has 86 heavy (non-hydrogen) atoms. The molecule has 0 unspecified atom stereocenters. The zero-order valence-electron chi connectivity index (χ0n) is 46.4. The summed E-state index contributed by atoms with van der Waals surface area (Å²) in [5, 5.41) is 21.3. The Bertz CT molecular complexity index is 5060. The van der Waals surface area contributed by atoms with Crippen LogP contribution < -0.4 is 0 Å². The number of hydrogen-bond donors (Lipinski definition) is 0. The van der Waals surface area contributed by atoms with E-state index in [1.165, 1.54) is 0 Å². The first kappa shape index (κ1) is 48.7. The van der Waals surface area contributed by atoms with Crippen molar-refractivity contribution in [3.8, 4) is 73.3 Å². The summed E-state index contributed by atoms with van der Waals surface area (Å²) in [6.45, 7) is 10.1. The van der Waals surface area contributed by atoms with E-state index in [9.17, 15) is 11.8 Å². The largest absolute Gasteiger partial charge is 0.316 e. The standard InChI is InChI=1S/C80H48N6/c1-82-72-67(50-81)77(85-73-55(51-26-6-2-7-27-51)38-22-42-63(73)64-43-23-39-56(74(64)85)52-28-8-3-9-29-52)79(83-68-46-18-14-34-59(68)60-35-15-19-47-69(60)83)80(84-70-48-20-16-36-61(70)62-37-17-21-49-71(62)84)78(72)86-75-57(53-30-10-4-11-31-53)40-24-44-65(75)66-45-25-41-58(76(66)86)54-32-12-5-13-33-54/h2-49H. The number of aromatic nitrogens is 4. The predicted octanol–water partition coefficient (Wildman–Crippen LogP) is 21.2. The number of rotatable bonds is 8. The lowest BCUT2D eigenvalue weighted by Crippen LogP contribution is -2.16. The Balaban J connectivity index is 1.23. The molecular weight excluding hydrogens is 1040 g/mol. The normalized spacial score (nSPS) is 11.7. The minimum Gasteiger partial charge on any atom is -0.316 e. The van der Waals surface area contributed by atoms with E-state index in [1.54, 1.807) is 0 Å². The fourth-order valence-corrected chi connectivity index (χ4v) is 14.2. The van der Waals surface area contributed by atoms with Crippen LogP contribution in [0.25, 0.3) is 159 Å². The number of fused-ring (bicyclic) bond motifs is 12. The molecule has 398 valence electrons. The van der Waals surface area contributed by atoms with Crippen molar-refractivity contribution in [1.29, 1.82) is 5.26 Å². The lowest BCUT2D eigenvalue weighted by atomic mass is 9.99. The molecule has 0 aliphatic carbocycles. The van der Waals surface area contributed by atoms with Crippen LogP contribution in [0.2, 0.25) is 0 Å². The average Bonchev–Trinajstić information content (AvgIpc) is 1.51. The van der Waals surface area contributed by atoms with E-state index in [-0.39, 0.29) is 11.3 Å². The monoisotopic (exact) mass is 1090 g/mol. The molecule has 0 radical (unpaired) electrons. The van der Waals surface area contributed by atoms with Gasteiger partial charge in [0.15, 0.2) is 0 Å². The smallest absolute Gasteiger partial charge is 0.232 e. The van der Waals surface area contributed by atoms with Gasteiger partial charge in [0.1, 0.15) is 0 Å². The van der Waals surface area contributed by atoms with Crippen molar-refractivity contribution in [1.82, 2.24) is 18.3 Å². The fourth-order valence-electron chi connectivity index (χ4n) is 14.2. The van der Waals surface area contributed by atoms with Crippen molar-refractivity contribution in [3.63, 3.8) is 0 Å². The van der Waals surface area contributed by atoms with Crippen LogP contribution in [0.1, 0.15) is 5.56 Å². The van der Waals surface area contributed by atoms with Gasteiger partial charge >= 0.3 is 0 Å². The Kier molecular flexibility index (Phi) is 11.0. The SMILES string of the molecule is [C-]#[N+]c1c(C#N)c(-n2c3c(-c4ccccc4)cccc3c3cccc(-c4ccccc4)c32)c(-n2c3ccccc3c3ccccc32)c(-n2c3ccccc3c3ccccc32)c1-n1c2c(-c3ccccc3)cccc2c2cccc(-c3ccccc3)c21. The van der Waals surface area contributed by atoms with E-state index >= 15 is 0 Å². The molecule has 17 aromatic rings. The van der Waals surface area contributed by atoms with Gasteiger partial charge in [-0.3, -0.25) is 0 Å². The maximum atomic E-state index is 12.9. The molecule has 0 saturated heterocycles. The number of nitriles is 1. The van der Waals surface area contributed by atoms with Crippen LogP contribution >= 0.6 is 0 Å². The first-order chi connectivity index (χ1) is 42.7. The van der Waals surface area contributed by atoms with Gasteiger partial charge < -0.3 is 18.3 Å². The zero-order valence-corrected chi connectivity index (χ0v) is 46.4. The van der Waals surface area contributed by atoms with E-state index in [4.69, 9.17) is 4.85 Å². The van der Waals surface area contributed by atoms with Crippen LogP contribution in [-0.2, 0) is 0 Å². The summed E-state index contributed by atoms with van der Waals surface area (Å²) >= 11 is 0.